The molecule has 3 nitrogen and oxygen atoms in total. The minimum Gasteiger partial charge on any atom is -0.296 e. The van der Waals surface area contributed by atoms with Gasteiger partial charge in [-0.25, -0.2) is 0 Å². The highest BCUT2D eigenvalue weighted by atomic mass is 16.2. The molecule has 1 N–H and O–H groups in total. The predicted octanol–water partition coefficient (Wildman–Crippen LogP) is 0.938. The Balaban J connectivity index is 3.18. The van der Waals surface area contributed by atoms with E-state index in [-0.39, 0.29) is 11.7 Å². The number of nitrogens with zero attached hydrogens (tertiary/aromatic N) is 1. The predicted molar refractivity (Wildman–Crippen MR) is 43.4 cm³/mol. The van der Waals surface area contributed by atoms with E-state index in [1.807, 2.05) is 0 Å². The monoisotopic (exact) mass is 150 g/mol. The SMILES string of the molecule is C=CC1=C(C)C(=O)N(C)C1=N. The van der Waals surface area contributed by atoms with Gasteiger partial charge < -0.3 is 0 Å². The third kappa shape index (κ3) is 0.888. The lowest BCUT2D eigenvalue weighted by atomic mass is 10.1. The van der Waals surface area contributed by atoms with Crippen LogP contribution in [0, 0.1) is 5.41 Å². The second-order valence-corrected chi connectivity index (χ2v) is 2.46. The molecule has 58 valence electrons. The van der Waals surface area contributed by atoms with Crippen LogP contribution >= 0.6 is 0 Å². The molecule has 0 saturated carbocycles. The van der Waals surface area contributed by atoms with Crippen molar-refractivity contribution < 1.29 is 4.79 Å². The molecule has 11 heavy (non-hydrogen) atoms. The maximum atomic E-state index is 11.2. The minimum absolute atomic E-state index is 0.107. The number of carbonyl (C=O) groups is 1. The first kappa shape index (κ1) is 7.72. The van der Waals surface area contributed by atoms with E-state index in [1.54, 1.807) is 20.0 Å². The Bertz CT molecular complexity index is 276. The fourth-order valence-electron chi connectivity index (χ4n) is 1.08. The van der Waals surface area contributed by atoms with Crippen molar-refractivity contribution >= 4 is 11.7 Å². The van der Waals surface area contributed by atoms with Crippen LogP contribution in [-0.2, 0) is 4.79 Å². The fourth-order valence-corrected chi connectivity index (χ4v) is 1.08. The van der Waals surface area contributed by atoms with Gasteiger partial charge in [0.05, 0.1) is 0 Å². The van der Waals surface area contributed by atoms with Crippen LogP contribution in [0.5, 0.6) is 0 Å². The van der Waals surface area contributed by atoms with Gasteiger partial charge in [0.15, 0.2) is 0 Å². The van der Waals surface area contributed by atoms with E-state index >= 15 is 0 Å². The molecule has 0 atom stereocenters. The molecule has 0 saturated heterocycles. The molecule has 0 aromatic heterocycles. The van der Waals surface area contributed by atoms with Crippen LogP contribution in [0.1, 0.15) is 6.92 Å². The average Bonchev–Trinajstić information content (AvgIpc) is 2.17. The van der Waals surface area contributed by atoms with Gasteiger partial charge in [0.2, 0.25) is 0 Å². The lowest BCUT2D eigenvalue weighted by Gasteiger charge is -2.07. The summed E-state index contributed by atoms with van der Waals surface area (Å²) in [5.74, 6) is 0.132. The number of hydrogen-bond acceptors (Lipinski definition) is 2. The van der Waals surface area contributed by atoms with Crippen molar-refractivity contribution in [3.8, 4) is 0 Å². The summed E-state index contributed by atoms with van der Waals surface area (Å²) < 4.78 is 0. The van der Waals surface area contributed by atoms with Gasteiger partial charge in [-0.1, -0.05) is 12.7 Å². The molecule has 0 fully saturated rings. The van der Waals surface area contributed by atoms with Crippen molar-refractivity contribution in [2.24, 2.45) is 0 Å². The van der Waals surface area contributed by atoms with Crippen molar-refractivity contribution in [3.05, 3.63) is 23.8 Å². The largest absolute Gasteiger partial charge is 0.296 e. The lowest BCUT2D eigenvalue weighted by Crippen LogP contribution is -2.25. The summed E-state index contributed by atoms with van der Waals surface area (Å²) in [5.41, 5.74) is 1.24. The lowest BCUT2D eigenvalue weighted by molar-refractivity contribution is -0.121. The van der Waals surface area contributed by atoms with E-state index in [0.717, 1.165) is 0 Å². The molecule has 0 unspecified atom stereocenters. The number of carbonyl (C=O) groups excluding carboxylic acids is 1. The van der Waals surface area contributed by atoms with Crippen LogP contribution < -0.4 is 0 Å². The first-order valence-corrected chi connectivity index (χ1v) is 3.30. The highest BCUT2D eigenvalue weighted by Crippen LogP contribution is 2.18. The maximum Gasteiger partial charge on any atom is 0.255 e. The molecular weight excluding hydrogens is 140 g/mol. The van der Waals surface area contributed by atoms with Crippen molar-refractivity contribution in [1.29, 1.82) is 5.41 Å². The minimum atomic E-state index is -0.107. The molecule has 3 heteroatoms. The second-order valence-electron chi connectivity index (χ2n) is 2.46. The zero-order valence-electron chi connectivity index (χ0n) is 6.64. The number of amides is 1. The van der Waals surface area contributed by atoms with Gasteiger partial charge in [0, 0.05) is 18.2 Å². The fraction of sp³-hybridized carbons (Fsp3) is 0.250. The normalized spacial score (nSPS) is 18.2. The Morgan fingerprint density at radius 2 is 2.18 bits per heavy atom. The zero-order valence-corrected chi connectivity index (χ0v) is 6.64. The first-order chi connectivity index (χ1) is 5.09. The van der Waals surface area contributed by atoms with Crippen LogP contribution in [0.4, 0.5) is 0 Å². The summed E-state index contributed by atoms with van der Waals surface area (Å²) in [6, 6.07) is 0. The molecule has 0 aliphatic carbocycles. The Morgan fingerprint density at radius 1 is 1.64 bits per heavy atom. The molecule has 0 radical (unpaired) electrons. The van der Waals surface area contributed by atoms with Gasteiger partial charge in [0.1, 0.15) is 5.84 Å². The number of nitrogens with one attached hydrogen (secondary N) is 1. The highest BCUT2D eigenvalue weighted by Gasteiger charge is 2.27. The van der Waals surface area contributed by atoms with Crippen LogP contribution in [0.15, 0.2) is 23.8 Å². The third-order valence-corrected chi connectivity index (χ3v) is 1.82. The summed E-state index contributed by atoms with van der Waals surface area (Å²) in [5, 5.41) is 7.45. The molecule has 0 bridgehead atoms. The molecule has 1 heterocycles. The Morgan fingerprint density at radius 3 is 2.36 bits per heavy atom. The summed E-state index contributed by atoms with van der Waals surface area (Å²) in [4.78, 5) is 12.5. The molecule has 0 aromatic rings. The van der Waals surface area contributed by atoms with E-state index in [9.17, 15) is 4.79 Å². The van der Waals surface area contributed by atoms with Crippen LogP contribution in [0.25, 0.3) is 0 Å². The Labute approximate surface area is 65.5 Å². The molecule has 1 aliphatic heterocycles. The maximum absolute atomic E-state index is 11.2. The second kappa shape index (κ2) is 2.34. The van der Waals surface area contributed by atoms with Gasteiger partial charge in [-0.2, -0.15) is 0 Å². The van der Waals surface area contributed by atoms with Crippen LogP contribution in [-0.4, -0.2) is 23.7 Å². The molecule has 0 spiro atoms. The molecule has 1 amide bonds. The summed E-state index contributed by atoms with van der Waals surface area (Å²) in [6.07, 6.45) is 1.54. The smallest absolute Gasteiger partial charge is 0.255 e. The summed E-state index contributed by atoms with van der Waals surface area (Å²) >= 11 is 0. The van der Waals surface area contributed by atoms with Gasteiger partial charge in [0.25, 0.3) is 5.91 Å². The van der Waals surface area contributed by atoms with Gasteiger partial charge in [-0.15, -0.1) is 0 Å². The van der Waals surface area contributed by atoms with Crippen molar-refractivity contribution in [1.82, 2.24) is 4.90 Å². The number of rotatable bonds is 1. The zero-order chi connectivity index (χ0) is 8.59. The highest BCUT2D eigenvalue weighted by molar-refractivity contribution is 6.21. The van der Waals surface area contributed by atoms with Crippen molar-refractivity contribution in [2.75, 3.05) is 7.05 Å². The summed E-state index contributed by atoms with van der Waals surface area (Å²) in [7, 11) is 1.59. The third-order valence-electron chi connectivity index (χ3n) is 1.82. The molecule has 1 aliphatic rings. The van der Waals surface area contributed by atoms with E-state index in [0.29, 0.717) is 11.1 Å². The van der Waals surface area contributed by atoms with Crippen LogP contribution in [0.2, 0.25) is 0 Å². The van der Waals surface area contributed by atoms with Crippen molar-refractivity contribution in [3.63, 3.8) is 0 Å². The van der Waals surface area contributed by atoms with Crippen LogP contribution in [0.3, 0.4) is 0 Å². The van der Waals surface area contributed by atoms with E-state index < -0.39 is 0 Å². The topological polar surface area (TPSA) is 44.2 Å². The standard InChI is InChI=1S/C8H10N2O/c1-4-6-5(2)8(11)10(3)7(6)9/h4,9H,1H2,2-3H3. The van der Waals surface area contributed by atoms with Gasteiger partial charge >= 0.3 is 0 Å². The molecular formula is C8H10N2O. The molecule has 0 aromatic carbocycles. The van der Waals surface area contributed by atoms with E-state index in [4.69, 9.17) is 5.41 Å². The average molecular weight is 150 g/mol. The number of hydrogen-bond donors (Lipinski definition) is 1. The Kier molecular flexibility index (Phi) is 1.64. The summed E-state index contributed by atoms with van der Waals surface area (Å²) in [6.45, 7) is 5.24. The quantitative estimate of drug-likeness (QED) is 0.594. The number of amidine groups is 1. The first-order valence-electron chi connectivity index (χ1n) is 3.30. The van der Waals surface area contributed by atoms with E-state index in [2.05, 4.69) is 6.58 Å². The Hall–Kier alpha value is -1.38. The number of likely N-dealkylation sites (N-methyl/N-ethyl adjacent to an activating group) is 1. The van der Waals surface area contributed by atoms with E-state index in [1.165, 1.54) is 4.90 Å². The van der Waals surface area contributed by atoms with Crippen molar-refractivity contribution in [2.45, 2.75) is 6.92 Å². The van der Waals surface area contributed by atoms with Gasteiger partial charge in [-0.05, 0) is 6.92 Å². The van der Waals surface area contributed by atoms with Gasteiger partial charge in [-0.3, -0.25) is 15.1 Å². The molecule has 1 rings (SSSR count).